The summed E-state index contributed by atoms with van der Waals surface area (Å²) in [6.45, 7) is -0.548. The molecule has 0 heterocycles. The molecule has 0 spiro atoms. The lowest BCUT2D eigenvalue weighted by atomic mass is 10.1. The molecule has 0 bridgehead atoms. The van der Waals surface area contributed by atoms with Gasteiger partial charge < -0.3 is 4.84 Å². The van der Waals surface area contributed by atoms with Crippen molar-refractivity contribution in [1.29, 1.82) is 5.26 Å². The average Bonchev–Trinajstić information content (AvgIpc) is 2.25. The lowest BCUT2D eigenvalue weighted by molar-refractivity contribution is -0.0611. The van der Waals surface area contributed by atoms with Crippen molar-refractivity contribution in [3.8, 4) is 6.07 Å². The van der Waals surface area contributed by atoms with Gasteiger partial charge in [-0.1, -0.05) is 28.9 Å². The second-order valence-corrected chi connectivity index (χ2v) is 3.31. The predicted molar refractivity (Wildman–Crippen MR) is 55.6 cm³/mol. The molecule has 0 aliphatic carbocycles. The molecule has 0 aliphatic rings. The number of nitrogens with zero attached hydrogens (tertiary/aromatic N) is 2. The van der Waals surface area contributed by atoms with Crippen molar-refractivity contribution in [2.24, 2.45) is 5.16 Å². The van der Waals surface area contributed by atoms with E-state index >= 15 is 0 Å². The first-order chi connectivity index (χ1) is 7.95. The van der Waals surface area contributed by atoms with Crippen LogP contribution >= 0.6 is 11.6 Å². The maximum Gasteiger partial charge on any atom is 0.437 e. The molecule has 7 heteroatoms. The highest BCUT2D eigenvalue weighted by atomic mass is 35.5. The Kier molecular flexibility index (Phi) is 4.35. The summed E-state index contributed by atoms with van der Waals surface area (Å²) in [5.41, 5.74) is -1.38. The smallest absolute Gasteiger partial charge is 0.380 e. The van der Waals surface area contributed by atoms with Crippen LogP contribution in [0.3, 0.4) is 0 Å². The Balaban J connectivity index is 3.03. The first-order valence-corrected chi connectivity index (χ1v) is 4.73. The Hall–Kier alpha value is -1.74. The number of benzene rings is 1. The second-order valence-electron chi connectivity index (χ2n) is 2.88. The summed E-state index contributed by atoms with van der Waals surface area (Å²) >= 11 is 5.56. The zero-order valence-corrected chi connectivity index (χ0v) is 9.09. The molecule has 1 aromatic carbocycles. The van der Waals surface area contributed by atoms with Crippen molar-refractivity contribution in [2.45, 2.75) is 6.18 Å². The Bertz CT molecular complexity index is 448. The molecule has 0 atom stereocenters. The van der Waals surface area contributed by atoms with Crippen LogP contribution in [0.5, 0.6) is 0 Å². The van der Waals surface area contributed by atoms with E-state index in [0.29, 0.717) is 5.02 Å². The lowest BCUT2D eigenvalue weighted by Crippen LogP contribution is -2.24. The molecule has 0 N–H and O–H groups in total. The molecule has 1 aromatic rings. The van der Waals surface area contributed by atoms with E-state index in [9.17, 15) is 13.2 Å². The van der Waals surface area contributed by atoms with Crippen molar-refractivity contribution in [1.82, 2.24) is 0 Å². The van der Waals surface area contributed by atoms with Crippen LogP contribution in [0.15, 0.2) is 29.4 Å². The van der Waals surface area contributed by atoms with Gasteiger partial charge in [0.15, 0.2) is 5.71 Å². The molecular formula is C10H6ClF3N2O. The molecule has 0 saturated carbocycles. The van der Waals surface area contributed by atoms with Crippen LogP contribution in [-0.4, -0.2) is 18.5 Å². The van der Waals surface area contributed by atoms with Crippen molar-refractivity contribution < 1.29 is 18.0 Å². The van der Waals surface area contributed by atoms with Gasteiger partial charge in [0, 0.05) is 10.6 Å². The molecule has 90 valence electrons. The SMILES string of the molecule is N#CCON=C(c1ccc(Cl)cc1)C(F)(F)F. The molecule has 0 fully saturated rings. The van der Waals surface area contributed by atoms with Gasteiger partial charge >= 0.3 is 6.18 Å². The quantitative estimate of drug-likeness (QED) is 0.477. The Morgan fingerprint density at radius 1 is 1.35 bits per heavy atom. The topological polar surface area (TPSA) is 45.4 Å². The van der Waals surface area contributed by atoms with Crippen LogP contribution < -0.4 is 0 Å². The molecule has 0 radical (unpaired) electrons. The molecule has 0 amide bonds. The molecular weight excluding hydrogens is 257 g/mol. The van der Waals surface area contributed by atoms with Gasteiger partial charge in [-0.15, -0.1) is 0 Å². The standard InChI is InChI=1S/C10H6ClF3N2O/c11-8-3-1-7(2-4-8)9(10(12,13)14)16-17-6-5-15/h1-4H,6H2. The van der Waals surface area contributed by atoms with E-state index in [-0.39, 0.29) is 5.56 Å². The van der Waals surface area contributed by atoms with Gasteiger partial charge in [-0.25, -0.2) is 0 Å². The van der Waals surface area contributed by atoms with Gasteiger partial charge in [-0.2, -0.15) is 18.4 Å². The van der Waals surface area contributed by atoms with E-state index in [4.69, 9.17) is 16.9 Å². The molecule has 3 nitrogen and oxygen atoms in total. The first-order valence-electron chi connectivity index (χ1n) is 4.35. The maximum atomic E-state index is 12.6. The number of alkyl halides is 3. The zero-order valence-electron chi connectivity index (χ0n) is 8.33. The minimum atomic E-state index is -4.66. The fourth-order valence-electron chi connectivity index (χ4n) is 1.00. The fraction of sp³-hybridized carbons (Fsp3) is 0.200. The Morgan fingerprint density at radius 2 is 1.94 bits per heavy atom. The minimum absolute atomic E-state index is 0.181. The second kappa shape index (κ2) is 5.55. The van der Waals surface area contributed by atoms with Crippen LogP contribution in [0.4, 0.5) is 13.2 Å². The monoisotopic (exact) mass is 262 g/mol. The zero-order chi connectivity index (χ0) is 12.9. The van der Waals surface area contributed by atoms with Gasteiger partial charge in [0.2, 0.25) is 6.61 Å². The number of nitriles is 1. The number of oxime groups is 1. The van der Waals surface area contributed by atoms with E-state index in [1.165, 1.54) is 30.3 Å². The highest BCUT2D eigenvalue weighted by Gasteiger charge is 2.37. The fourth-order valence-corrected chi connectivity index (χ4v) is 1.13. The predicted octanol–water partition coefficient (Wildman–Crippen LogP) is 3.15. The number of hydrogen-bond donors (Lipinski definition) is 0. The van der Waals surface area contributed by atoms with Gasteiger partial charge in [-0.05, 0) is 12.1 Å². The third-order valence-corrected chi connectivity index (χ3v) is 1.92. The molecule has 0 aromatic heterocycles. The summed E-state index contributed by atoms with van der Waals surface area (Å²) in [7, 11) is 0. The van der Waals surface area contributed by atoms with Crippen molar-refractivity contribution in [2.75, 3.05) is 6.61 Å². The maximum absolute atomic E-state index is 12.6. The van der Waals surface area contributed by atoms with Gasteiger partial charge in [0.1, 0.15) is 6.07 Å². The molecule has 1 rings (SSSR count). The Morgan fingerprint density at radius 3 is 2.41 bits per heavy atom. The van der Waals surface area contributed by atoms with Crippen molar-refractivity contribution in [3.63, 3.8) is 0 Å². The van der Waals surface area contributed by atoms with Crippen molar-refractivity contribution >= 4 is 17.3 Å². The highest BCUT2D eigenvalue weighted by molar-refractivity contribution is 6.30. The van der Waals surface area contributed by atoms with Crippen molar-refractivity contribution in [3.05, 3.63) is 34.9 Å². The van der Waals surface area contributed by atoms with E-state index in [0.717, 1.165) is 0 Å². The number of rotatable bonds is 3. The van der Waals surface area contributed by atoms with E-state index in [1.54, 1.807) is 0 Å². The van der Waals surface area contributed by atoms with Gasteiger partial charge in [0.25, 0.3) is 0 Å². The summed E-state index contributed by atoms with van der Waals surface area (Å²) in [6, 6.07) is 6.48. The van der Waals surface area contributed by atoms with Crippen LogP contribution in [-0.2, 0) is 4.84 Å². The minimum Gasteiger partial charge on any atom is -0.380 e. The lowest BCUT2D eigenvalue weighted by Gasteiger charge is -2.09. The number of hydrogen-bond acceptors (Lipinski definition) is 3. The summed E-state index contributed by atoms with van der Waals surface area (Å²) in [5.74, 6) is 0. The summed E-state index contributed by atoms with van der Waals surface area (Å²) in [5, 5.41) is 11.4. The van der Waals surface area contributed by atoms with Crippen LogP contribution in [0.2, 0.25) is 5.02 Å². The van der Waals surface area contributed by atoms with Gasteiger partial charge in [0.05, 0.1) is 0 Å². The third-order valence-electron chi connectivity index (χ3n) is 1.67. The first kappa shape index (κ1) is 13.3. The Labute approximate surface area is 100 Å². The molecule has 0 aliphatic heterocycles. The van der Waals surface area contributed by atoms with Crippen LogP contribution in [0.25, 0.3) is 0 Å². The van der Waals surface area contributed by atoms with E-state index < -0.39 is 18.5 Å². The average molecular weight is 263 g/mol. The third kappa shape index (κ3) is 3.96. The molecule has 17 heavy (non-hydrogen) atoms. The summed E-state index contributed by atoms with van der Waals surface area (Å²) < 4.78 is 37.8. The van der Waals surface area contributed by atoms with Gasteiger partial charge in [-0.3, -0.25) is 0 Å². The number of halogens is 4. The summed E-state index contributed by atoms with van der Waals surface area (Å²) in [4.78, 5) is 4.23. The molecule has 0 unspecified atom stereocenters. The van der Waals surface area contributed by atoms with Crippen LogP contribution in [0, 0.1) is 11.3 Å². The normalized spacial score (nSPS) is 12.1. The highest BCUT2D eigenvalue weighted by Crippen LogP contribution is 2.23. The molecule has 0 saturated heterocycles. The van der Waals surface area contributed by atoms with E-state index in [2.05, 4.69) is 9.99 Å². The largest absolute Gasteiger partial charge is 0.437 e. The van der Waals surface area contributed by atoms with Crippen LogP contribution in [0.1, 0.15) is 5.56 Å². The summed E-state index contributed by atoms with van der Waals surface area (Å²) in [6.07, 6.45) is -4.66. The van der Waals surface area contributed by atoms with E-state index in [1.807, 2.05) is 0 Å².